The van der Waals surface area contributed by atoms with Gasteiger partial charge in [-0.15, -0.1) is 6.58 Å². The van der Waals surface area contributed by atoms with Gasteiger partial charge in [-0.2, -0.15) is 0 Å². The van der Waals surface area contributed by atoms with Crippen LogP contribution in [0.4, 0.5) is 0 Å². The zero-order chi connectivity index (χ0) is 10.9. The van der Waals surface area contributed by atoms with Gasteiger partial charge >= 0.3 is 0 Å². The van der Waals surface area contributed by atoms with E-state index in [9.17, 15) is 0 Å². The second kappa shape index (κ2) is 7.85. The average Bonchev–Trinajstić information content (AvgIpc) is 2.23. The van der Waals surface area contributed by atoms with Crippen LogP contribution in [0.5, 0.6) is 0 Å². The molecule has 1 aliphatic rings. The van der Waals surface area contributed by atoms with Gasteiger partial charge in [-0.3, -0.25) is 0 Å². The molecule has 1 aliphatic carbocycles. The number of nitrogens with one attached hydrogen (secondary N) is 1. The zero-order valence-electron chi connectivity index (χ0n) is 9.58. The van der Waals surface area contributed by atoms with Crippen LogP contribution in [0.1, 0.15) is 32.1 Å². The molecule has 0 aromatic heterocycles. The van der Waals surface area contributed by atoms with Gasteiger partial charge in [-0.25, -0.2) is 0 Å². The minimum Gasteiger partial charge on any atom is -0.380 e. The van der Waals surface area contributed by atoms with Gasteiger partial charge in [0.05, 0.1) is 13.2 Å². The van der Waals surface area contributed by atoms with Gasteiger partial charge in [-0.05, 0) is 25.7 Å². The lowest BCUT2D eigenvalue weighted by molar-refractivity contribution is 0.136. The van der Waals surface area contributed by atoms with E-state index >= 15 is 0 Å². The van der Waals surface area contributed by atoms with E-state index in [2.05, 4.69) is 11.9 Å². The number of ether oxygens (including phenoxy) is 1. The van der Waals surface area contributed by atoms with Crippen molar-refractivity contribution in [2.45, 2.75) is 44.2 Å². The highest BCUT2D eigenvalue weighted by atomic mass is 16.5. The molecular formula is C12H24N2O. The zero-order valence-corrected chi connectivity index (χ0v) is 9.58. The minimum absolute atomic E-state index is 0.401. The van der Waals surface area contributed by atoms with Crippen molar-refractivity contribution in [1.82, 2.24) is 5.32 Å². The van der Waals surface area contributed by atoms with Gasteiger partial charge in [0.1, 0.15) is 0 Å². The molecule has 2 atom stereocenters. The molecule has 1 fully saturated rings. The molecule has 0 aromatic rings. The Balaban J connectivity index is 1.92. The van der Waals surface area contributed by atoms with Crippen molar-refractivity contribution in [3.05, 3.63) is 12.7 Å². The summed E-state index contributed by atoms with van der Waals surface area (Å²) in [5.74, 6) is 0. The summed E-state index contributed by atoms with van der Waals surface area (Å²) in [6.45, 7) is 6.17. The van der Waals surface area contributed by atoms with Crippen LogP contribution in [0.15, 0.2) is 12.7 Å². The summed E-state index contributed by atoms with van der Waals surface area (Å²) in [5, 5.41) is 3.50. The fourth-order valence-electron chi connectivity index (χ4n) is 2.02. The third-order valence-corrected chi connectivity index (χ3v) is 2.86. The van der Waals surface area contributed by atoms with Crippen LogP contribution in [0.2, 0.25) is 0 Å². The van der Waals surface area contributed by atoms with E-state index < -0.39 is 0 Å². The number of nitrogens with two attached hydrogens (primary N) is 1. The summed E-state index contributed by atoms with van der Waals surface area (Å²) >= 11 is 0. The molecule has 1 saturated carbocycles. The Hall–Kier alpha value is -0.380. The van der Waals surface area contributed by atoms with Crippen molar-refractivity contribution in [1.29, 1.82) is 0 Å². The van der Waals surface area contributed by atoms with Crippen LogP contribution in [0.25, 0.3) is 0 Å². The SMILES string of the molecule is C=CCCOCCNC1CCCC(N)C1. The first-order valence-corrected chi connectivity index (χ1v) is 6.00. The predicted molar refractivity (Wildman–Crippen MR) is 63.9 cm³/mol. The summed E-state index contributed by atoms with van der Waals surface area (Å²) in [6.07, 6.45) is 7.65. The predicted octanol–water partition coefficient (Wildman–Crippen LogP) is 1.44. The Kier molecular flexibility index (Phi) is 6.64. The number of hydrogen-bond donors (Lipinski definition) is 2. The molecule has 15 heavy (non-hydrogen) atoms. The fraction of sp³-hybridized carbons (Fsp3) is 0.833. The van der Waals surface area contributed by atoms with Crippen LogP contribution in [-0.4, -0.2) is 31.8 Å². The Morgan fingerprint density at radius 1 is 1.40 bits per heavy atom. The van der Waals surface area contributed by atoms with Crippen LogP contribution in [0.3, 0.4) is 0 Å². The van der Waals surface area contributed by atoms with Crippen LogP contribution in [-0.2, 0) is 4.74 Å². The number of rotatable bonds is 7. The number of hydrogen-bond acceptors (Lipinski definition) is 3. The molecule has 0 aromatic carbocycles. The normalized spacial score (nSPS) is 26.5. The molecule has 0 radical (unpaired) electrons. The van der Waals surface area contributed by atoms with Crippen molar-refractivity contribution in [3.8, 4) is 0 Å². The third kappa shape index (κ3) is 5.92. The van der Waals surface area contributed by atoms with Gasteiger partial charge in [0.25, 0.3) is 0 Å². The van der Waals surface area contributed by atoms with Gasteiger partial charge in [-0.1, -0.05) is 12.5 Å². The summed E-state index contributed by atoms with van der Waals surface area (Å²) in [4.78, 5) is 0. The summed E-state index contributed by atoms with van der Waals surface area (Å²) in [6, 6.07) is 1.01. The molecule has 0 aliphatic heterocycles. The fourth-order valence-corrected chi connectivity index (χ4v) is 2.02. The first-order valence-electron chi connectivity index (χ1n) is 6.00. The molecule has 1 rings (SSSR count). The first-order chi connectivity index (χ1) is 7.33. The molecule has 0 saturated heterocycles. The smallest absolute Gasteiger partial charge is 0.0591 e. The van der Waals surface area contributed by atoms with Gasteiger partial charge < -0.3 is 15.8 Å². The topological polar surface area (TPSA) is 47.3 Å². The monoisotopic (exact) mass is 212 g/mol. The largest absolute Gasteiger partial charge is 0.380 e. The summed E-state index contributed by atoms with van der Waals surface area (Å²) in [7, 11) is 0. The van der Waals surface area contributed by atoms with Crippen LogP contribution >= 0.6 is 0 Å². The van der Waals surface area contributed by atoms with Gasteiger partial charge in [0, 0.05) is 18.6 Å². The van der Waals surface area contributed by atoms with Crippen LogP contribution < -0.4 is 11.1 Å². The van der Waals surface area contributed by atoms with Crippen molar-refractivity contribution in [2.75, 3.05) is 19.8 Å². The molecule has 3 N–H and O–H groups in total. The highest BCUT2D eigenvalue weighted by Gasteiger charge is 2.17. The molecule has 0 heterocycles. The van der Waals surface area contributed by atoms with Crippen molar-refractivity contribution < 1.29 is 4.74 Å². The van der Waals surface area contributed by atoms with E-state index in [1.807, 2.05) is 6.08 Å². The molecule has 0 spiro atoms. The van der Waals surface area contributed by atoms with Crippen molar-refractivity contribution >= 4 is 0 Å². The molecular weight excluding hydrogens is 188 g/mol. The molecule has 0 amide bonds. The lowest BCUT2D eigenvalue weighted by Gasteiger charge is -2.27. The molecule has 0 bridgehead atoms. The third-order valence-electron chi connectivity index (χ3n) is 2.86. The summed E-state index contributed by atoms with van der Waals surface area (Å²) in [5.41, 5.74) is 5.91. The maximum absolute atomic E-state index is 5.91. The highest BCUT2D eigenvalue weighted by molar-refractivity contribution is 4.79. The minimum atomic E-state index is 0.401. The Labute approximate surface area is 93.1 Å². The van der Waals surface area contributed by atoms with E-state index in [4.69, 9.17) is 10.5 Å². The van der Waals surface area contributed by atoms with Gasteiger partial charge in [0.15, 0.2) is 0 Å². The quantitative estimate of drug-likeness (QED) is 0.496. The van der Waals surface area contributed by atoms with Crippen LogP contribution in [0, 0.1) is 0 Å². The van der Waals surface area contributed by atoms with E-state index in [1.165, 1.54) is 19.3 Å². The second-order valence-corrected chi connectivity index (χ2v) is 4.27. The molecule has 88 valence electrons. The Morgan fingerprint density at radius 3 is 3.00 bits per heavy atom. The van der Waals surface area contributed by atoms with E-state index in [0.717, 1.165) is 32.6 Å². The molecule has 2 unspecified atom stereocenters. The Morgan fingerprint density at radius 2 is 2.27 bits per heavy atom. The average molecular weight is 212 g/mol. The van der Waals surface area contributed by atoms with Crippen molar-refractivity contribution in [2.24, 2.45) is 5.73 Å². The molecule has 3 nitrogen and oxygen atoms in total. The lowest BCUT2D eigenvalue weighted by Crippen LogP contribution is -2.40. The standard InChI is InChI=1S/C12H24N2O/c1-2-3-8-15-9-7-14-12-6-4-5-11(13)10-12/h2,11-12,14H,1,3-10,13H2. The maximum Gasteiger partial charge on any atom is 0.0591 e. The summed E-state index contributed by atoms with van der Waals surface area (Å²) < 4.78 is 5.43. The first kappa shape index (κ1) is 12.7. The van der Waals surface area contributed by atoms with E-state index in [0.29, 0.717) is 12.1 Å². The maximum atomic E-state index is 5.91. The lowest BCUT2D eigenvalue weighted by atomic mass is 9.92. The second-order valence-electron chi connectivity index (χ2n) is 4.27. The van der Waals surface area contributed by atoms with Gasteiger partial charge in [0.2, 0.25) is 0 Å². The Bertz CT molecular complexity index is 173. The molecule has 3 heteroatoms. The van der Waals surface area contributed by atoms with E-state index in [-0.39, 0.29) is 0 Å². The van der Waals surface area contributed by atoms with E-state index in [1.54, 1.807) is 0 Å². The van der Waals surface area contributed by atoms with Crippen molar-refractivity contribution in [3.63, 3.8) is 0 Å². The highest BCUT2D eigenvalue weighted by Crippen LogP contribution is 2.16.